The van der Waals surface area contributed by atoms with Gasteiger partial charge in [-0.1, -0.05) is 0 Å². The molecule has 2 aliphatic rings. The van der Waals surface area contributed by atoms with E-state index in [-0.39, 0.29) is 5.56 Å². The highest BCUT2D eigenvalue weighted by atomic mass is 19.1. The molecule has 3 rings (SSSR count). The number of hydrogen-bond donors (Lipinski definition) is 1. The largest absolute Gasteiger partial charge is 0.478 e. The topological polar surface area (TPSA) is 43.8 Å². The predicted octanol–water partition coefficient (Wildman–Crippen LogP) is 2.06. The molecule has 1 saturated heterocycles. The SMILES string of the molecule is O=C(O)c1ccc(N2CCN(CC3CC3)CC2)cc1F. The molecule has 1 aliphatic heterocycles. The molecule has 1 aromatic carbocycles. The van der Waals surface area contributed by atoms with Gasteiger partial charge in [-0.15, -0.1) is 0 Å². The van der Waals surface area contributed by atoms with Crippen molar-refractivity contribution in [3.8, 4) is 0 Å². The molecule has 1 heterocycles. The smallest absolute Gasteiger partial charge is 0.338 e. The quantitative estimate of drug-likeness (QED) is 0.915. The fourth-order valence-electron chi connectivity index (χ4n) is 2.73. The molecule has 0 aromatic heterocycles. The third-order valence-corrected chi connectivity index (χ3v) is 4.13. The van der Waals surface area contributed by atoms with Gasteiger partial charge in [0.2, 0.25) is 0 Å². The van der Waals surface area contributed by atoms with Crippen molar-refractivity contribution in [2.75, 3.05) is 37.6 Å². The van der Waals surface area contributed by atoms with Gasteiger partial charge in [-0.25, -0.2) is 9.18 Å². The molecule has 0 bridgehead atoms. The summed E-state index contributed by atoms with van der Waals surface area (Å²) in [6.45, 7) is 4.94. The first-order valence-corrected chi connectivity index (χ1v) is 7.13. The molecule has 20 heavy (non-hydrogen) atoms. The number of halogens is 1. The molecule has 1 saturated carbocycles. The average molecular weight is 278 g/mol. The van der Waals surface area contributed by atoms with Crippen LogP contribution >= 0.6 is 0 Å². The number of piperazine rings is 1. The molecule has 2 fully saturated rings. The van der Waals surface area contributed by atoms with Crippen LogP contribution in [0.3, 0.4) is 0 Å². The number of anilines is 1. The van der Waals surface area contributed by atoms with E-state index in [0.717, 1.165) is 37.8 Å². The fraction of sp³-hybridized carbons (Fsp3) is 0.533. The maximum Gasteiger partial charge on any atom is 0.338 e. The highest BCUT2D eigenvalue weighted by molar-refractivity contribution is 5.88. The van der Waals surface area contributed by atoms with Gasteiger partial charge in [0.1, 0.15) is 5.82 Å². The highest BCUT2D eigenvalue weighted by Gasteiger charge is 2.26. The van der Waals surface area contributed by atoms with Gasteiger partial charge in [0.25, 0.3) is 0 Å². The number of rotatable bonds is 4. The molecular formula is C15H19FN2O2. The third kappa shape index (κ3) is 2.93. The molecule has 4 nitrogen and oxygen atoms in total. The lowest BCUT2D eigenvalue weighted by Crippen LogP contribution is -2.47. The van der Waals surface area contributed by atoms with Crippen LogP contribution in [0, 0.1) is 11.7 Å². The number of carboxylic acid groups (broad SMARTS) is 1. The van der Waals surface area contributed by atoms with E-state index in [9.17, 15) is 9.18 Å². The van der Waals surface area contributed by atoms with Crippen molar-refractivity contribution >= 4 is 11.7 Å². The summed E-state index contributed by atoms with van der Waals surface area (Å²) in [4.78, 5) is 15.4. The standard InChI is InChI=1S/C15H19FN2O2/c16-14-9-12(3-4-13(14)15(19)20)18-7-5-17(6-8-18)10-11-1-2-11/h3-4,9,11H,1-2,5-8,10H2,(H,19,20). The Kier molecular flexibility index (Phi) is 3.61. The number of aromatic carboxylic acids is 1. The summed E-state index contributed by atoms with van der Waals surface area (Å²) in [5, 5.41) is 8.83. The summed E-state index contributed by atoms with van der Waals surface area (Å²) in [6, 6.07) is 4.38. The van der Waals surface area contributed by atoms with Crippen LogP contribution < -0.4 is 4.90 Å². The maximum absolute atomic E-state index is 13.7. The number of benzene rings is 1. The van der Waals surface area contributed by atoms with Crippen molar-refractivity contribution in [2.45, 2.75) is 12.8 Å². The minimum absolute atomic E-state index is 0.263. The Morgan fingerprint density at radius 1 is 1.25 bits per heavy atom. The van der Waals surface area contributed by atoms with Gasteiger partial charge >= 0.3 is 5.97 Å². The summed E-state index contributed by atoms with van der Waals surface area (Å²) < 4.78 is 13.7. The highest BCUT2D eigenvalue weighted by Crippen LogP contribution is 2.30. The second-order valence-electron chi connectivity index (χ2n) is 5.70. The van der Waals surface area contributed by atoms with Gasteiger partial charge in [-0.05, 0) is 37.0 Å². The van der Waals surface area contributed by atoms with Gasteiger partial charge in [0, 0.05) is 38.4 Å². The average Bonchev–Trinajstić information content (AvgIpc) is 3.23. The Labute approximate surface area is 117 Å². The number of nitrogens with zero attached hydrogens (tertiary/aromatic N) is 2. The lowest BCUT2D eigenvalue weighted by atomic mass is 10.1. The van der Waals surface area contributed by atoms with Crippen molar-refractivity contribution in [1.29, 1.82) is 0 Å². The van der Waals surface area contributed by atoms with Crippen LogP contribution in [0.5, 0.6) is 0 Å². The summed E-state index contributed by atoms with van der Waals surface area (Å²) in [7, 11) is 0. The van der Waals surface area contributed by atoms with E-state index in [0.29, 0.717) is 0 Å². The second-order valence-corrected chi connectivity index (χ2v) is 5.70. The van der Waals surface area contributed by atoms with E-state index in [1.165, 1.54) is 31.5 Å². The van der Waals surface area contributed by atoms with E-state index in [4.69, 9.17) is 5.11 Å². The van der Waals surface area contributed by atoms with Crippen molar-refractivity contribution in [3.05, 3.63) is 29.6 Å². The molecule has 108 valence electrons. The molecule has 0 atom stereocenters. The van der Waals surface area contributed by atoms with Crippen LogP contribution in [-0.4, -0.2) is 48.7 Å². The zero-order chi connectivity index (χ0) is 14.1. The second kappa shape index (κ2) is 5.40. The zero-order valence-corrected chi connectivity index (χ0v) is 11.4. The van der Waals surface area contributed by atoms with Crippen LogP contribution in [0.15, 0.2) is 18.2 Å². The Morgan fingerprint density at radius 3 is 2.50 bits per heavy atom. The molecule has 0 unspecified atom stereocenters. The lowest BCUT2D eigenvalue weighted by molar-refractivity contribution is 0.0692. The van der Waals surface area contributed by atoms with Crippen molar-refractivity contribution in [1.82, 2.24) is 4.90 Å². The van der Waals surface area contributed by atoms with Crippen LogP contribution in [0.1, 0.15) is 23.2 Å². The summed E-state index contributed by atoms with van der Waals surface area (Å²) >= 11 is 0. The molecule has 0 spiro atoms. The molecule has 1 aliphatic carbocycles. The number of carbonyl (C=O) groups is 1. The van der Waals surface area contributed by atoms with Crippen LogP contribution in [0.2, 0.25) is 0 Å². The Bertz CT molecular complexity index is 509. The van der Waals surface area contributed by atoms with Crippen LogP contribution in [-0.2, 0) is 0 Å². The Hall–Kier alpha value is -1.62. The van der Waals surface area contributed by atoms with Crippen LogP contribution in [0.4, 0.5) is 10.1 Å². The summed E-state index contributed by atoms with van der Waals surface area (Å²) in [6.07, 6.45) is 2.73. The molecular weight excluding hydrogens is 259 g/mol. The van der Waals surface area contributed by atoms with Crippen LogP contribution in [0.25, 0.3) is 0 Å². The zero-order valence-electron chi connectivity index (χ0n) is 11.4. The first-order valence-electron chi connectivity index (χ1n) is 7.13. The van der Waals surface area contributed by atoms with E-state index >= 15 is 0 Å². The normalized spacial score (nSPS) is 20.1. The maximum atomic E-state index is 13.7. The Balaban J connectivity index is 1.62. The van der Waals surface area contributed by atoms with E-state index in [1.54, 1.807) is 6.07 Å². The van der Waals surface area contributed by atoms with Crippen molar-refractivity contribution in [3.63, 3.8) is 0 Å². The molecule has 1 aromatic rings. The van der Waals surface area contributed by atoms with Gasteiger partial charge in [-0.2, -0.15) is 0 Å². The Morgan fingerprint density at radius 2 is 1.95 bits per heavy atom. The van der Waals surface area contributed by atoms with Gasteiger partial charge in [0.05, 0.1) is 5.56 Å². The third-order valence-electron chi connectivity index (χ3n) is 4.13. The lowest BCUT2D eigenvalue weighted by Gasteiger charge is -2.36. The molecule has 0 radical (unpaired) electrons. The van der Waals surface area contributed by atoms with Crippen molar-refractivity contribution < 1.29 is 14.3 Å². The fourth-order valence-corrected chi connectivity index (χ4v) is 2.73. The monoisotopic (exact) mass is 278 g/mol. The van der Waals surface area contributed by atoms with Gasteiger partial charge in [-0.3, -0.25) is 4.90 Å². The van der Waals surface area contributed by atoms with E-state index < -0.39 is 11.8 Å². The predicted molar refractivity (Wildman–Crippen MR) is 74.7 cm³/mol. The van der Waals surface area contributed by atoms with Gasteiger partial charge < -0.3 is 10.0 Å². The minimum Gasteiger partial charge on any atom is -0.478 e. The molecule has 1 N–H and O–H groups in total. The first kappa shape index (κ1) is 13.4. The number of hydrogen-bond acceptors (Lipinski definition) is 3. The molecule has 0 amide bonds. The summed E-state index contributed by atoms with van der Waals surface area (Å²) in [5.41, 5.74) is 0.514. The minimum atomic E-state index is -1.22. The van der Waals surface area contributed by atoms with Gasteiger partial charge in [0.15, 0.2) is 0 Å². The van der Waals surface area contributed by atoms with E-state index in [2.05, 4.69) is 9.80 Å². The molecule has 5 heteroatoms. The van der Waals surface area contributed by atoms with E-state index in [1.807, 2.05) is 0 Å². The number of carboxylic acids is 1. The first-order chi connectivity index (χ1) is 9.63. The van der Waals surface area contributed by atoms with Crippen molar-refractivity contribution in [2.24, 2.45) is 5.92 Å². The summed E-state index contributed by atoms with van der Waals surface area (Å²) in [5.74, 6) is -0.979.